The van der Waals surface area contributed by atoms with Gasteiger partial charge in [0.15, 0.2) is 6.10 Å². The molecule has 1 saturated heterocycles. The van der Waals surface area contributed by atoms with Crippen LogP contribution in [0.25, 0.3) is 0 Å². The molecular weight excluding hydrogens is 618 g/mol. The standard InChI is InChI=1S/C34H53N7O7/c1-8-9-22(26(42)31(46)37-19-10-11-19)38-30(45)25-20-12-13-34(7,48)21(20)17-41(25)32(47)27(33(4,5)6)40-29(44)24(18(2)3)39-28(43)23-16-35-14-15-36-23/h14-16,18-22,24-27,42,48H,8-13,17H2,1-7H3,(H,37,46)(H,38,45)(H,39,43)(H,40,44)/t20-,21?,22?,24+,25?,26?,27+,34+/m0/s1. The number of carbonyl (C=O) groups excluding carboxylic acids is 5. The van der Waals surface area contributed by atoms with Gasteiger partial charge in [0.05, 0.1) is 17.8 Å². The Kier molecular flexibility index (Phi) is 11.5. The van der Waals surface area contributed by atoms with E-state index < -0.39 is 76.7 Å². The highest BCUT2D eigenvalue weighted by Gasteiger charge is 2.58. The molecule has 2 saturated carbocycles. The summed E-state index contributed by atoms with van der Waals surface area (Å²) < 4.78 is 0. The Balaban J connectivity index is 1.58. The van der Waals surface area contributed by atoms with Crippen LogP contribution in [0.2, 0.25) is 0 Å². The van der Waals surface area contributed by atoms with Crippen LogP contribution in [-0.2, 0) is 19.2 Å². The number of likely N-dealkylation sites (tertiary alicyclic amines) is 1. The normalized spacial score (nSPS) is 26.2. The summed E-state index contributed by atoms with van der Waals surface area (Å²) in [5.41, 5.74) is -1.88. The first-order valence-electron chi connectivity index (χ1n) is 17.1. The smallest absolute Gasteiger partial charge is 0.272 e. The average Bonchev–Trinajstić information content (AvgIpc) is 3.67. The predicted octanol–water partition coefficient (Wildman–Crippen LogP) is 0.674. The molecular formula is C34H53N7O7. The third kappa shape index (κ3) is 8.49. The number of carbonyl (C=O) groups is 5. The lowest BCUT2D eigenvalue weighted by molar-refractivity contribution is -0.146. The average molecular weight is 672 g/mol. The Hall–Kier alpha value is -3.65. The van der Waals surface area contributed by atoms with Crippen molar-refractivity contribution in [2.24, 2.45) is 23.2 Å². The SMILES string of the molecule is CCCC(NC(=O)C1[C@H]2CC[C@@](C)(O)C2CN1C(=O)[C@@H](NC(=O)[C@H](NC(=O)c1cnccn1)C(C)C)C(C)(C)C)C(O)C(=O)NC1CC1. The van der Waals surface area contributed by atoms with E-state index in [2.05, 4.69) is 31.2 Å². The quantitative estimate of drug-likeness (QED) is 0.174. The lowest BCUT2D eigenvalue weighted by Crippen LogP contribution is -2.62. The first kappa shape index (κ1) is 37.2. The molecule has 2 heterocycles. The summed E-state index contributed by atoms with van der Waals surface area (Å²) in [5.74, 6) is -3.82. The van der Waals surface area contributed by atoms with Gasteiger partial charge in [0.25, 0.3) is 11.8 Å². The molecule has 4 unspecified atom stereocenters. The molecule has 0 radical (unpaired) electrons. The van der Waals surface area contributed by atoms with Crippen molar-refractivity contribution in [2.75, 3.05) is 6.54 Å². The fourth-order valence-corrected chi connectivity index (χ4v) is 6.93. The van der Waals surface area contributed by atoms with Crippen LogP contribution in [0.4, 0.5) is 0 Å². The predicted molar refractivity (Wildman–Crippen MR) is 176 cm³/mol. The van der Waals surface area contributed by atoms with Crippen LogP contribution in [-0.4, -0.2) is 103 Å². The maximum atomic E-state index is 14.5. The van der Waals surface area contributed by atoms with Crippen molar-refractivity contribution in [3.05, 3.63) is 24.3 Å². The summed E-state index contributed by atoms with van der Waals surface area (Å²) in [6.07, 6.45) is 6.22. The number of amides is 5. The van der Waals surface area contributed by atoms with Gasteiger partial charge in [0.2, 0.25) is 17.7 Å². The topological polar surface area (TPSA) is 203 Å². The summed E-state index contributed by atoms with van der Waals surface area (Å²) in [4.78, 5) is 77.4. The van der Waals surface area contributed by atoms with Gasteiger partial charge < -0.3 is 36.4 Å². The largest absolute Gasteiger partial charge is 0.390 e. The Labute approximate surface area is 282 Å². The van der Waals surface area contributed by atoms with Crippen molar-refractivity contribution in [3.63, 3.8) is 0 Å². The zero-order valence-electron chi connectivity index (χ0n) is 29.2. The number of rotatable bonds is 13. The number of fused-ring (bicyclic) bond motifs is 1. The molecule has 0 bridgehead atoms. The van der Waals surface area contributed by atoms with Gasteiger partial charge in [0.1, 0.15) is 23.8 Å². The summed E-state index contributed by atoms with van der Waals surface area (Å²) in [7, 11) is 0. The second-order valence-corrected chi connectivity index (χ2v) is 15.3. The summed E-state index contributed by atoms with van der Waals surface area (Å²) in [6, 6.07) is -3.93. The number of aliphatic hydroxyl groups excluding tert-OH is 1. The van der Waals surface area contributed by atoms with Gasteiger partial charge in [-0.3, -0.25) is 29.0 Å². The van der Waals surface area contributed by atoms with Crippen LogP contribution in [0, 0.1) is 23.2 Å². The van der Waals surface area contributed by atoms with Gasteiger partial charge in [-0.05, 0) is 56.3 Å². The molecule has 3 aliphatic rings. The van der Waals surface area contributed by atoms with Crippen LogP contribution in [0.3, 0.4) is 0 Å². The Morgan fingerprint density at radius 2 is 1.73 bits per heavy atom. The van der Waals surface area contributed by atoms with Crippen molar-refractivity contribution < 1.29 is 34.2 Å². The molecule has 4 rings (SSSR count). The van der Waals surface area contributed by atoms with Crippen molar-refractivity contribution in [1.29, 1.82) is 0 Å². The van der Waals surface area contributed by atoms with Crippen LogP contribution >= 0.6 is 0 Å². The van der Waals surface area contributed by atoms with Crippen molar-refractivity contribution >= 4 is 29.5 Å². The Morgan fingerprint density at radius 1 is 1.04 bits per heavy atom. The molecule has 0 spiro atoms. The highest BCUT2D eigenvalue weighted by Crippen LogP contribution is 2.48. The zero-order valence-corrected chi connectivity index (χ0v) is 29.2. The molecule has 266 valence electrons. The monoisotopic (exact) mass is 671 g/mol. The van der Waals surface area contributed by atoms with E-state index in [1.165, 1.54) is 23.5 Å². The van der Waals surface area contributed by atoms with Crippen molar-refractivity contribution in [3.8, 4) is 0 Å². The van der Waals surface area contributed by atoms with E-state index in [1.54, 1.807) is 41.5 Å². The van der Waals surface area contributed by atoms with Crippen molar-refractivity contribution in [2.45, 2.75) is 129 Å². The number of hydrogen-bond acceptors (Lipinski definition) is 9. The first-order valence-corrected chi connectivity index (χ1v) is 17.1. The lowest BCUT2D eigenvalue weighted by atomic mass is 9.84. The fourth-order valence-electron chi connectivity index (χ4n) is 6.93. The van der Waals surface area contributed by atoms with Gasteiger partial charge in [-0.1, -0.05) is 48.0 Å². The van der Waals surface area contributed by atoms with E-state index in [0.717, 1.165) is 12.8 Å². The minimum Gasteiger partial charge on any atom is -0.390 e. The van der Waals surface area contributed by atoms with Gasteiger partial charge in [-0.2, -0.15) is 0 Å². The van der Waals surface area contributed by atoms with Gasteiger partial charge >= 0.3 is 0 Å². The first-order chi connectivity index (χ1) is 22.5. The molecule has 1 aromatic rings. The second-order valence-electron chi connectivity index (χ2n) is 15.3. The maximum Gasteiger partial charge on any atom is 0.272 e. The molecule has 2 aliphatic carbocycles. The molecule has 48 heavy (non-hydrogen) atoms. The van der Waals surface area contributed by atoms with Crippen LogP contribution in [0.15, 0.2) is 18.6 Å². The summed E-state index contributed by atoms with van der Waals surface area (Å²) in [6.45, 7) is 12.6. The number of nitrogens with one attached hydrogen (secondary N) is 4. The molecule has 3 fully saturated rings. The van der Waals surface area contributed by atoms with E-state index in [9.17, 15) is 34.2 Å². The van der Waals surface area contributed by atoms with Crippen molar-refractivity contribution in [1.82, 2.24) is 36.1 Å². The number of nitrogens with zero attached hydrogens (tertiary/aromatic N) is 3. The van der Waals surface area contributed by atoms with E-state index in [-0.39, 0.29) is 30.1 Å². The number of hydrogen-bond donors (Lipinski definition) is 6. The van der Waals surface area contributed by atoms with E-state index in [4.69, 9.17) is 0 Å². The third-order valence-electron chi connectivity index (χ3n) is 9.92. The summed E-state index contributed by atoms with van der Waals surface area (Å²) >= 11 is 0. The number of aliphatic hydroxyl groups is 2. The van der Waals surface area contributed by atoms with E-state index in [0.29, 0.717) is 25.7 Å². The minimum absolute atomic E-state index is 0.0368. The Morgan fingerprint density at radius 3 is 2.29 bits per heavy atom. The lowest BCUT2D eigenvalue weighted by Gasteiger charge is -2.38. The maximum absolute atomic E-state index is 14.5. The fraction of sp³-hybridized carbons (Fsp3) is 0.735. The molecule has 1 aliphatic heterocycles. The molecule has 14 heteroatoms. The van der Waals surface area contributed by atoms with Gasteiger partial charge in [0, 0.05) is 30.9 Å². The molecule has 14 nitrogen and oxygen atoms in total. The van der Waals surface area contributed by atoms with Gasteiger partial charge in [-0.15, -0.1) is 0 Å². The molecule has 1 aromatic heterocycles. The van der Waals surface area contributed by atoms with Crippen LogP contribution in [0.1, 0.15) is 97.5 Å². The van der Waals surface area contributed by atoms with Gasteiger partial charge in [-0.25, -0.2) is 4.98 Å². The molecule has 5 amide bonds. The second kappa shape index (κ2) is 14.9. The van der Waals surface area contributed by atoms with Crippen LogP contribution < -0.4 is 21.3 Å². The highest BCUT2D eigenvalue weighted by molar-refractivity contribution is 5.98. The zero-order chi connectivity index (χ0) is 35.6. The molecule has 0 aromatic carbocycles. The number of aromatic nitrogens is 2. The Bertz CT molecular complexity index is 1340. The summed E-state index contributed by atoms with van der Waals surface area (Å²) in [5, 5.41) is 33.4. The molecule has 6 N–H and O–H groups in total. The third-order valence-corrected chi connectivity index (χ3v) is 9.92. The molecule has 8 atom stereocenters. The van der Waals surface area contributed by atoms with E-state index in [1.807, 2.05) is 6.92 Å². The highest BCUT2D eigenvalue weighted by atomic mass is 16.3. The van der Waals surface area contributed by atoms with Crippen LogP contribution in [0.5, 0.6) is 0 Å². The van der Waals surface area contributed by atoms with E-state index >= 15 is 0 Å². The minimum atomic E-state index is -1.46.